The molecule has 0 spiro atoms. The lowest BCUT2D eigenvalue weighted by atomic mass is 10.2. The molecule has 0 unspecified atom stereocenters. The summed E-state index contributed by atoms with van der Waals surface area (Å²) in [7, 11) is 3.38. The Bertz CT molecular complexity index is 547. The Hall–Kier alpha value is -2.37. The molecule has 0 aliphatic carbocycles. The fourth-order valence-corrected chi connectivity index (χ4v) is 1.64. The van der Waals surface area contributed by atoms with E-state index in [1.54, 1.807) is 17.1 Å². The highest BCUT2D eigenvalue weighted by Gasteiger charge is 2.11. The lowest BCUT2D eigenvalue weighted by Crippen LogP contribution is -2.14. The predicted octanol–water partition coefficient (Wildman–Crippen LogP) is 1.54. The minimum absolute atomic E-state index is 0.608. The van der Waals surface area contributed by atoms with Gasteiger partial charge in [-0.2, -0.15) is 5.10 Å². The van der Waals surface area contributed by atoms with Gasteiger partial charge in [0, 0.05) is 19.4 Å². The average Bonchev–Trinajstić information content (AvgIpc) is 2.69. The van der Waals surface area contributed by atoms with Crippen LogP contribution >= 0.6 is 0 Å². The molecule has 94 valence electrons. The van der Waals surface area contributed by atoms with Gasteiger partial charge in [0.05, 0.1) is 23.1 Å². The van der Waals surface area contributed by atoms with Crippen molar-refractivity contribution in [1.29, 1.82) is 0 Å². The zero-order chi connectivity index (χ0) is 13.0. The maximum Gasteiger partial charge on any atom is 0.180 e. The molecule has 0 saturated carbocycles. The van der Waals surface area contributed by atoms with Gasteiger partial charge in [-0.3, -0.25) is 9.67 Å². The fraction of sp³-hybridized carbons (Fsp3) is 0.250. The maximum absolute atomic E-state index is 4.86. The maximum atomic E-state index is 4.86. The molecule has 2 aromatic rings. The Morgan fingerprint density at radius 2 is 2.33 bits per heavy atom. The molecule has 0 amide bonds. The van der Waals surface area contributed by atoms with E-state index >= 15 is 0 Å². The van der Waals surface area contributed by atoms with Crippen molar-refractivity contribution >= 4 is 11.5 Å². The van der Waals surface area contributed by atoms with Crippen LogP contribution in [0.3, 0.4) is 0 Å². The molecule has 1 N–H and O–H groups in total. The van der Waals surface area contributed by atoms with Crippen LogP contribution in [0.15, 0.2) is 35.9 Å². The topological polar surface area (TPSA) is 64.3 Å². The quantitative estimate of drug-likeness (QED) is 0.506. The standard InChI is InChI=1S/C12H15N5O/c1-9-11(8-17(2)15-9)12(16-18-3)14-10-5-4-6-13-7-10/h4-8H,1-3H3,(H,14,16). The molecule has 18 heavy (non-hydrogen) atoms. The first-order valence-corrected chi connectivity index (χ1v) is 5.49. The number of aromatic nitrogens is 3. The van der Waals surface area contributed by atoms with Gasteiger partial charge in [-0.05, 0) is 19.1 Å². The first kappa shape index (κ1) is 12.1. The lowest BCUT2D eigenvalue weighted by molar-refractivity contribution is 0.213. The Balaban J connectivity index is 2.30. The Morgan fingerprint density at radius 1 is 1.50 bits per heavy atom. The summed E-state index contributed by atoms with van der Waals surface area (Å²) in [5.74, 6) is 0.608. The molecule has 2 aromatic heterocycles. The number of pyridine rings is 1. The molecule has 2 heterocycles. The monoisotopic (exact) mass is 245 g/mol. The number of hydrogen-bond donors (Lipinski definition) is 1. The summed E-state index contributed by atoms with van der Waals surface area (Å²) in [5.41, 5.74) is 2.62. The van der Waals surface area contributed by atoms with Gasteiger partial charge in [0.1, 0.15) is 7.11 Å². The van der Waals surface area contributed by atoms with Crippen LogP contribution in [-0.2, 0) is 11.9 Å². The smallest absolute Gasteiger partial charge is 0.180 e. The van der Waals surface area contributed by atoms with Crippen molar-refractivity contribution in [1.82, 2.24) is 14.8 Å². The molecular weight excluding hydrogens is 230 g/mol. The minimum Gasteiger partial charge on any atom is -0.397 e. The predicted molar refractivity (Wildman–Crippen MR) is 69.4 cm³/mol. The van der Waals surface area contributed by atoms with E-state index in [1.807, 2.05) is 32.3 Å². The summed E-state index contributed by atoms with van der Waals surface area (Å²) in [4.78, 5) is 8.90. The number of nitrogens with zero attached hydrogens (tertiary/aromatic N) is 4. The highest BCUT2D eigenvalue weighted by Crippen LogP contribution is 2.11. The van der Waals surface area contributed by atoms with Crippen molar-refractivity contribution in [3.05, 3.63) is 42.0 Å². The fourth-order valence-electron chi connectivity index (χ4n) is 1.64. The molecule has 0 radical (unpaired) electrons. The number of aryl methyl sites for hydroxylation is 2. The summed E-state index contributed by atoms with van der Waals surface area (Å²) in [5, 5.41) is 11.4. The van der Waals surface area contributed by atoms with Crippen LogP contribution in [0.25, 0.3) is 0 Å². The average molecular weight is 245 g/mol. The highest BCUT2D eigenvalue weighted by atomic mass is 16.6. The lowest BCUT2D eigenvalue weighted by Gasteiger charge is -2.07. The third-order valence-electron chi connectivity index (χ3n) is 2.38. The van der Waals surface area contributed by atoms with Crippen LogP contribution in [0, 0.1) is 6.92 Å². The van der Waals surface area contributed by atoms with Gasteiger partial charge in [-0.25, -0.2) is 0 Å². The molecule has 0 saturated heterocycles. The number of rotatable bonds is 3. The number of anilines is 1. The number of nitrogens with one attached hydrogen (secondary N) is 1. The summed E-state index contributed by atoms with van der Waals surface area (Å²) in [6.07, 6.45) is 5.32. The van der Waals surface area contributed by atoms with Gasteiger partial charge in [-0.15, -0.1) is 0 Å². The van der Waals surface area contributed by atoms with Gasteiger partial charge in [0.25, 0.3) is 0 Å². The van der Waals surface area contributed by atoms with E-state index in [1.165, 1.54) is 7.11 Å². The van der Waals surface area contributed by atoms with E-state index in [2.05, 4.69) is 20.6 Å². The molecular formula is C12H15N5O. The van der Waals surface area contributed by atoms with Crippen molar-refractivity contribution in [2.45, 2.75) is 6.92 Å². The summed E-state index contributed by atoms with van der Waals surface area (Å²) >= 11 is 0. The normalized spacial score (nSPS) is 11.4. The Labute approximate surface area is 105 Å². The van der Waals surface area contributed by atoms with E-state index < -0.39 is 0 Å². The molecule has 0 aliphatic heterocycles. The van der Waals surface area contributed by atoms with E-state index in [4.69, 9.17) is 4.84 Å². The summed E-state index contributed by atoms with van der Waals surface area (Å²) in [6, 6.07) is 3.76. The molecule has 0 aliphatic rings. The SMILES string of the molecule is CO/N=C(/Nc1cccnc1)c1cn(C)nc1C. The molecule has 0 bridgehead atoms. The van der Waals surface area contributed by atoms with Gasteiger partial charge in [-0.1, -0.05) is 5.16 Å². The second kappa shape index (κ2) is 5.31. The summed E-state index contributed by atoms with van der Waals surface area (Å²) in [6.45, 7) is 1.92. The van der Waals surface area contributed by atoms with Crippen LogP contribution in [-0.4, -0.2) is 27.7 Å². The molecule has 6 heteroatoms. The second-order valence-corrected chi connectivity index (χ2v) is 3.79. The van der Waals surface area contributed by atoms with Crippen LogP contribution in [0.2, 0.25) is 0 Å². The van der Waals surface area contributed by atoms with Crippen LogP contribution < -0.4 is 5.32 Å². The molecule has 0 atom stereocenters. The van der Waals surface area contributed by atoms with E-state index in [9.17, 15) is 0 Å². The zero-order valence-corrected chi connectivity index (χ0v) is 10.6. The van der Waals surface area contributed by atoms with Crippen LogP contribution in [0.1, 0.15) is 11.3 Å². The van der Waals surface area contributed by atoms with Crippen molar-refractivity contribution in [3.63, 3.8) is 0 Å². The third-order valence-corrected chi connectivity index (χ3v) is 2.38. The largest absolute Gasteiger partial charge is 0.397 e. The minimum atomic E-state index is 0.608. The van der Waals surface area contributed by atoms with Crippen molar-refractivity contribution in [2.75, 3.05) is 12.4 Å². The van der Waals surface area contributed by atoms with Crippen molar-refractivity contribution in [3.8, 4) is 0 Å². The highest BCUT2D eigenvalue weighted by molar-refractivity contribution is 6.08. The first-order valence-electron chi connectivity index (χ1n) is 5.49. The van der Waals surface area contributed by atoms with E-state index in [0.717, 1.165) is 16.9 Å². The number of amidine groups is 1. The summed E-state index contributed by atoms with van der Waals surface area (Å²) < 4.78 is 1.74. The Kier molecular flexibility index (Phi) is 3.57. The van der Waals surface area contributed by atoms with E-state index in [0.29, 0.717) is 5.84 Å². The number of hydrogen-bond acceptors (Lipinski definition) is 4. The van der Waals surface area contributed by atoms with Gasteiger partial charge in [0.15, 0.2) is 5.84 Å². The van der Waals surface area contributed by atoms with Gasteiger partial charge < -0.3 is 10.2 Å². The molecule has 6 nitrogen and oxygen atoms in total. The zero-order valence-electron chi connectivity index (χ0n) is 10.6. The number of oxime groups is 1. The van der Waals surface area contributed by atoms with Crippen LogP contribution in [0.5, 0.6) is 0 Å². The van der Waals surface area contributed by atoms with Crippen LogP contribution in [0.4, 0.5) is 5.69 Å². The van der Waals surface area contributed by atoms with Crippen molar-refractivity contribution in [2.24, 2.45) is 12.2 Å². The molecule has 0 aromatic carbocycles. The second-order valence-electron chi connectivity index (χ2n) is 3.79. The third kappa shape index (κ3) is 2.65. The first-order chi connectivity index (χ1) is 8.70. The van der Waals surface area contributed by atoms with Gasteiger partial charge >= 0.3 is 0 Å². The molecule has 2 rings (SSSR count). The van der Waals surface area contributed by atoms with E-state index in [-0.39, 0.29) is 0 Å². The van der Waals surface area contributed by atoms with Crippen molar-refractivity contribution < 1.29 is 4.84 Å². The molecule has 0 fully saturated rings. The Morgan fingerprint density at radius 3 is 2.89 bits per heavy atom. The van der Waals surface area contributed by atoms with Gasteiger partial charge in [0.2, 0.25) is 0 Å².